The van der Waals surface area contributed by atoms with Crippen LogP contribution >= 0.6 is 11.6 Å². The van der Waals surface area contributed by atoms with Crippen molar-refractivity contribution in [2.45, 2.75) is 26.8 Å². The fraction of sp³-hybridized carbons (Fsp3) is 0.417. The van der Waals surface area contributed by atoms with Crippen LogP contribution in [0.15, 0.2) is 18.6 Å². The second-order valence-corrected chi connectivity index (χ2v) is 4.46. The van der Waals surface area contributed by atoms with Gasteiger partial charge in [-0.3, -0.25) is 4.98 Å². The minimum absolute atomic E-state index is 0.631. The maximum Gasteiger partial charge on any atom is 0.172 e. The first-order chi connectivity index (χ1) is 8.70. The maximum absolute atomic E-state index is 5.98. The highest BCUT2D eigenvalue weighted by molar-refractivity contribution is 6.31. The first-order valence-electron chi connectivity index (χ1n) is 5.94. The van der Waals surface area contributed by atoms with Crippen LogP contribution in [0.1, 0.15) is 24.7 Å². The summed E-state index contributed by atoms with van der Waals surface area (Å²) in [6.45, 7) is 5.67. The number of nitrogens with zero attached hydrogens (tertiary/aromatic N) is 4. The van der Waals surface area contributed by atoms with Gasteiger partial charge in [-0.05, 0) is 19.9 Å². The summed E-state index contributed by atoms with van der Waals surface area (Å²) >= 11 is 5.98. The van der Waals surface area contributed by atoms with Gasteiger partial charge in [0, 0.05) is 12.7 Å². The summed E-state index contributed by atoms with van der Waals surface area (Å²) in [4.78, 5) is 8.66. The second kappa shape index (κ2) is 5.93. The van der Waals surface area contributed by atoms with E-state index >= 15 is 0 Å². The number of nitrogens with one attached hydrogen (secondary N) is 1. The molecule has 0 saturated carbocycles. The van der Waals surface area contributed by atoms with Gasteiger partial charge < -0.3 is 5.32 Å². The third-order valence-electron chi connectivity index (χ3n) is 2.48. The van der Waals surface area contributed by atoms with Gasteiger partial charge >= 0.3 is 0 Å². The molecule has 0 aromatic carbocycles. The van der Waals surface area contributed by atoms with E-state index in [0.717, 1.165) is 24.4 Å². The molecule has 0 unspecified atom stereocenters. The zero-order chi connectivity index (χ0) is 13.0. The van der Waals surface area contributed by atoms with Crippen LogP contribution in [0.4, 0.5) is 0 Å². The summed E-state index contributed by atoms with van der Waals surface area (Å²) in [5, 5.41) is 8.20. The van der Waals surface area contributed by atoms with E-state index in [2.05, 4.69) is 27.3 Å². The van der Waals surface area contributed by atoms with Crippen LogP contribution in [-0.4, -0.2) is 26.3 Å². The Morgan fingerprint density at radius 1 is 1.39 bits per heavy atom. The lowest BCUT2D eigenvalue weighted by Gasteiger charge is -2.04. The molecule has 18 heavy (non-hydrogen) atoms. The lowest BCUT2D eigenvalue weighted by atomic mass is 10.4. The molecule has 2 aromatic heterocycles. The predicted octanol–water partition coefficient (Wildman–Crippen LogP) is 2.12. The molecule has 0 spiro atoms. The van der Waals surface area contributed by atoms with E-state index in [1.807, 2.05) is 6.92 Å². The first kappa shape index (κ1) is 13.0. The van der Waals surface area contributed by atoms with Gasteiger partial charge in [-0.2, -0.15) is 5.10 Å². The van der Waals surface area contributed by atoms with Crippen molar-refractivity contribution in [3.63, 3.8) is 0 Å². The van der Waals surface area contributed by atoms with E-state index in [9.17, 15) is 0 Å². The lowest BCUT2D eigenvalue weighted by Crippen LogP contribution is -2.15. The number of aryl methyl sites for hydroxylation is 1. The maximum atomic E-state index is 5.98. The Balaban J connectivity index is 2.16. The van der Waals surface area contributed by atoms with Gasteiger partial charge in [0.05, 0.1) is 28.8 Å². The van der Waals surface area contributed by atoms with Crippen molar-refractivity contribution < 1.29 is 0 Å². The van der Waals surface area contributed by atoms with Crippen molar-refractivity contribution in [2.24, 2.45) is 0 Å². The Morgan fingerprint density at radius 3 is 2.89 bits per heavy atom. The first-order valence-corrected chi connectivity index (χ1v) is 6.32. The molecule has 0 amide bonds. The smallest absolute Gasteiger partial charge is 0.172 e. The van der Waals surface area contributed by atoms with Crippen molar-refractivity contribution in [3.05, 3.63) is 35.0 Å². The van der Waals surface area contributed by atoms with E-state index in [4.69, 9.17) is 11.6 Å². The Morgan fingerprint density at radius 2 is 2.22 bits per heavy atom. The Kier molecular flexibility index (Phi) is 4.28. The summed E-state index contributed by atoms with van der Waals surface area (Å²) in [6, 6.07) is 0. The van der Waals surface area contributed by atoms with Crippen molar-refractivity contribution in [1.82, 2.24) is 25.1 Å². The fourth-order valence-corrected chi connectivity index (χ4v) is 1.67. The van der Waals surface area contributed by atoms with Crippen LogP contribution in [0.5, 0.6) is 0 Å². The highest BCUT2D eigenvalue weighted by atomic mass is 35.5. The predicted molar refractivity (Wildman–Crippen MR) is 70.9 cm³/mol. The molecule has 0 bridgehead atoms. The number of rotatable bonds is 5. The summed E-state index contributed by atoms with van der Waals surface area (Å²) in [7, 11) is 0. The van der Waals surface area contributed by atoms with Crippen molar-refractivity contribution >= 4 is 11.6 Å². The summed E-state index contributed by atoms with van der Waals surface area (Å²) in [5.74, 6) is 0.681. The molecule has 0 aliphatic carbocycles. The van der Waals surface area contributed by atoms with E-state index < -0.39 is 0 Å². The zero-order valence-corrected chi connectivity index (χ0v) is 11.3. The van der Waals surface area contributed by atoms with Crippen LogP contribution in [0.25, 0.3) is 5.82 Å². The molecule has 0 radical (unpaired) electrons. The van der Waals surface area contributed by atoms with E-state index in [1.54, 1.807) is 23.3 Å². The lowest BCUT2D eigenvalue weighted by molar-refractivity contribution is 0.658. The normalized spacial score (nSPS) is 10.8. The molecule has 1 N–H and O–H groups in total. The number of aromatic nitrogens is 4. The molecule has 0 saturated heterocycles. The van der Waals surface area contributed by atoms with Crippen LogP contribution in [0.2, 0.25) is 5.02 Å². The molecule has 96 valence electrons. The van der Waals surface area contributed by atoms with Crippen molar-refractivity contribution in [1.29, 1.82) is 0 Å². The van der Waals surface area contributed by atoms with Gasteiger partial charge in [0.25, 0.3) is 0 Å². The second-order valence-electron chi connectivity index (χ2n) is 4.05. The fourth-order valence-electron chi connectivity index (χ4n) is 1.54. The minimum atomic E-state index is 0.631. The van der Waals surface area contributed by atoms with E-state index in [1.165, 1.54) is 0 Å². The highest BCUT2D eigenvalue weighted by Crippen LogP contribution is 2.14. The SMILES string of the molecule is CCCNCc1cncc(-n2cc(Cl)c(C)n2)n1. The standard InChI is InChI=1S/C12H16ClN5/c1-3-4-14-5-10-6-15-7-12(16-10)18-8-11(13)9(2)17-18/h6-8,14H,3-5H2,1-2H3. The van der Waals surface area contributed by atoms with Crippen LogP contribution in [-0.2, 0) is 6.54 Å². The Labute approximate surface area is 111 Å². The zero-order valence-electron chi connectivity index (χ0n) is 10.5. The Bertz CT molecular complexity index is 503. The molecule has 5 nitrogen and oxygen atoms in total. The number of hydrogen-bond acceptors (Lipinski definition) is 4. The monoisotopic (exact) mass is 265 g/mol. The van der Waals surface area contributed by atoms with Gasteiger partial charge in [0.2, 0.25) is 0 Å². The van der Waals surface area contributed by atoms with Crippen molar-refractivity contribution in [3.8, 4) is 5.82 Å². The van der Waals surface area contributed by atoms with E-state index in [-0.39, 0.29) is 0 Å². The average Bonchev–Trinajstić information content (AvgIpc) is 2.71. The molecule has 0 fully saturated rings. The van der Waals surface area contributed by atoms with Crippen LogP contribution in [0, 0.1) is 6.92 Å². The molecule has 6 heteroatoms. The largest absolute Gasteiger partial charge is 0.311 e. The van der Waals surface area contributed by atoms with Gasteiger partial charge in [0.1, 0.15) is 0 Å². The topological polar surface area (TPSA) is 55.6 Å². The number of hydrogen-bond donors (Lipinski definition) is 1. The Hall–Kier alpha value is -1.46. The molecule has 0 aliphatic rings. The van der Waals surface area contributed by atoms with E-state index in [0.29, 0.717) is 17.4 Å². The third kappa shape index (κ3) is 3.05. The molecule has 0 atom stereocenters. The van der Waals surface area contributed by atoms with Gasteiger partial charge in [-0.15, -0.1) is 0 Å². The van der Waals surface area contributed by atoms with Gasteiger partial charge in [-0.25, -0.2) is 9.67 Å². The molecule has 0 aliphatic heterocycles. The van der Waals surface area contributed by atoms with Gasteiger partial charge in [-0.1, -0.05) is 18.5 Å². The third-order valence-corrected chi connectivity index (χ3v) is 2.85. The van der Waals surface area contributed by atoms with Crippen molar-refractivity contribution in [2.75, 3.05) is 6.54 Å². The molecular weight excluding hydrogens is 250 g/mol. The molecule has 2 heterocycles. The number of halogens is 1. The highest BCUT2D eigenvalue weighted by Gasteiger charge is 2.06. The average molecular weight is 266 g/mol. The van der Waals surface area contributed by atoms with Crippen LogP contribution in [0.3, 0.4) is 0 Å². The molecule has 2 aromatic rings. The molecule has 2 rings (SSSR count). The van der Waals surface area contributed by atoms with Crippen LogP contribution < -0.4 is 5.32 Å². The summed E-state index contributed by atoms with van der Waals surface area (Å²) in [5.41, 5.74) is 1.68. The quantitative estimate of drug-likeness (QED) is 0.842. The summed E-state index contributed by atoms with van der Waals surface area (Å²) in [6.07, 6.45) is 6.27. The van der Waals surface area contributed by atoms with Gasteiger partial charge in [0.15, 0.2) is 5.82 Å². The summed E-state index contributed by atoms with van der Waals surface area (Å²) < 4.78 is 1.65. The minimum Gasteiger partial charge on any atom is -0.311 e. The molecular formula is C12H16ClN5.